The van der Waals surface area contributed by atoms with Crippen LogP contribution in [0.15, 0.2) is 6.20 Å². The largest absolute Gasteiger partial charge is 0.348 e. The first-order valence-corrected chi connectivity index (χ1v) is 7.44. The molecule has 0 bridgehead atoms. The molecule has 2 rings (SSSR count). The number of nitrogens with two attached hydrogens (primary N) is 1. The predicted molar refractivity (Wildman–Crippen MR) is 74.6 cm³/mol. The maximum Gasteiger partial charge on any atom is 0.185 e. The number of aromatic nitrogens is 1. The molecule has 0 radical (unpaired) electrons. The van der Waals surface area contributed by atoms with Gasteiger partial charge in [0.1, 0.15) is 0 Å². The standard InChI is InChI=1S/C13H23N3S/c1-10(14)12-9-15-13(17-12)16(2)11-7-5-3-4-6-8-11/h9-11H,3-8,14H2,1-2H3. The van der Waals surface area contributed by atoms with Gasteiger partial charge in [-0.2, -0.15) is 0 Å². The maximum atomic E-state index is 5.88. The van der Waals surface area contributed by atoms with Crippen molar-refractivity contribution >= 4 is 16.5 Å². The lowest BCUT2D eigenvalue weighted by molar-refractivity contribution is 0.552. The zero-order valence-electron chi connectivity index (χ0n) is 10.9. The molecular weight excluding hydrogens is 230 g/mol. The van der Waals surface area contributed by atoms with Gasteiger partial charge in [-0.15, -0.1) is 11.3 Å². The molecule has 4 heteroatoms. The van der Waals surface area contributed by atoms with Crippen LogP contribution in [0.2, 0.25) is 0 Å². The maximum absolute atomic E-state index is 5.88. The normalized spacial score (nSPS) is 19.9. The third-order valence-corrected chi connectivity index (χ3v) is 4.92. The molecular formula is C13H23N3S. The Kier molecular flexibility index (Phi) is 4.40. The second kappa shape index (κ2) is 5.83. The van der Waals surface area contributed by atoms with Crippen molar-refractivity contribution in [2.45, 2.75) is 57.5 Å². The summed E-state index contributed by atoms with van der Waals surface area (Å²) in [6.45, 7) is 2.02. The van der Waals surface area contributed by atoms with Crippen LogP contribution in [0.5, 0.6) is 0 Å². The smallest absolute Gasteiger partial charge is 0.185 e. The minimum Gasteiger partial charge on any atom is -0.348 e. The van der Waals surface area contributed by atoms with Gasteiger partial charge in [-0.3, -0.25) is 0 Å². The molecule has 2 N–H and O–H groups in total. The van der Waals surface area contributed by atoms with Gasteiger partial charge < -0.3 is 10.6 Å². The van der Waals surface area contributed by atoms with Gasteiger partial charge in [0.2, 0.25) is 0 Å². The molecule has 17 heavy (non-hydrogen) atoms. The zero-order valence-corrected chi connectivity index (χ0v) is 11.7. The first kappa shape index (κ1) is 12.8. The fraction of sp³-hybridized carbons (Fsp3) is 0.769. The molecule has 0 amide bonds. The van der Waals surface area contributed by atoms with E-state index >= 15 is 0 Å². The molecule has 1 aromatic rings. The van der Waals surface area contributed by atoms with Crippen LogP contribution in [0, 0.1) is 0 Å². The molecule has 0 aliphatic heterocycles. The van der Waals surface area contributed by atoms with Gasteiger partial charge in [-0.1, -0.05) is 25.7 Å². The van der Waals surface area contributed by atoms with Crippen LogP contribution in [0.4, 0.5) is 5.13 Å². The Balaban J connectivity index is 2.03. The van der Waals surface area contributed by atoms with Crippen molar-refractivity contribution in [1.82, 2.24) is 4.98 Å². The average molecular weight is 253 g/mol. The summed E-state index contributed by atoms with van der Waals surface area (Å²) in [4.78, 5) is 8.05. The van der Waals surface area contributed by atoms with Crippen LogP contribution in [0.3, 0.4) is 0 Å². The molecule has 1 atom stereocenters. The minimum atomic E-state index is 0.101. The van der Waals surface area contributed by atoms with E-state index in [1.807, 2.05) is 13.1 Å². The summed E-state index contributed by atoms with van der Waals surface area (Å²) in [5, 5.41) is 1.13. The Morgan fingerprint density at radius 2 is 2.00 bits per heavy atom. The number of rotatable bonds is 3. The van der Waals surface area contributed by atoms with Crippen molar-refractivity contribution in [3.05, 3.63) is 11.1 Å². The number of thiazole rings is 1. The zero-order chi connectivity index (χ0) is 12.3. The fourth-order valence-corrected chi connectivity index (χ4v) is 3.35. The van der Waals surface area contributed by atoms with E-state index < -0.39 is 0 Å². The molecule has 0 saturated heterocycles. The highest BCUT2D eigenvalue weighted by Crippen LogP contribution is 2.30. The Hall–Kier alpha value is -0.610. The summed E-state index contributed by atoms with van der Waals surface area (Å²) in [7, 11) is 2.18. The molecule has 96 valence electrons. The van der Waals surface area contributed by atoms with Crippen LogP contribution in [0.25, 0.3) is 0 Å². The Morgan fingerprint density at radius 1 is 1.35 bits per heavy atom. The fourth-order valence-electron chi connectivity index (χ4n) is 2.45. The van der Waals surface area contributed by atoms with E-state index in [9.17, 15) is 0 Å². The number of anilines is 1. The van der Waals surface area contributed by atoms with E-state index in [4.69, 9.17) is 5.73 Å². The minimum absolute atomic E-state index is 0.101. The molecule has 0 aromatic carbocycles. The number of hydrogen-bond acceptors (Lipinski definition) is 4. The van der Waals surface area contributed by atoms with Gasteiger partial charge in [0, 0.05) is 30.2 Å². The molecule has 1 aromatic heterocycles. The average Bonchev–Trinajstić information content (AvgIpc) is 2.65. The van der Waals surface area contributed by atoms with Crippen molar-refractivity contribution in [1.29, 1.82) is 0 Å². The highest BCUT2D eigenvalue weighted by Gasteiger charge is 2.19. The second-order valence-electron chi connectivity index (χ2n) is 5.09. The lowest BCUT2D eigenvalue weighted by atomic mass is 10.1. The SMILES string of the molecule is CC(N)c1cnc(N(C)C2CCCCCC2)s1. The molecule has 3 nitrogen and oxygen atoms in total. The molecule has 1 heterocycles. The van der Waals surface area contributed by atoms with E-state index in [1.165, 1.54) is 43.4 Å². The molecule has 1 saturated carbocycles. The molecule has 1 unspecified atom stereocenters. The quantitative estimate of drug-likeness (QED) is 0.840. The van der Waals surface area contributed by atoms with E-state index in [2.05, 4.69) is 16.9 Å². The molecule has 0 spiro atoms. The highest BCUT2D eigenvalue weighted by molar-refractivity contribution is 7.15. The summed E-state index contributed by atoms with van der Waals surface area (Å²) in [6, 6.07) is 0.772. The lowest BCUT2D eigenvalue weighted by Gasteiger charge is -2.26. The van der Waals surface area contributed by atoms with Crippen LogP contribution in [-0.2, 0) is 0 Å². The summed E-state index contributed by atoms with van der Waals surface area (Å²) in [5.41, 5.74) is 5.88. The van der Waals surface area contributed by atoms with Crippen LogP contribution >= 0.6 is 11.3 Å². The van der Waals surface area contributed by atoms with Gasteiger partial charge in [0.05, 0.1) is 0 Å². The summed E-state index contributed by atoms with van der Waals surface area (Å²) in [5.74, 6) is 0. The topological polar surface area (TPSA) is 42.1 Å². The van der Waals surface area contributed by atoms with E-state index in [0.717, 1.165) is 5.13 Å². The van der Waals surface area contributed by atoms with Gasteiger partial charge >= 0.3 is 0 Å². The predicted octanol–water partition coefficient (Wildman–Crippen LogP) is 3.32. The summed E-state index contributed by atoms with van der Waals surface area (Å²) >= 11 is 1.74. The Bertz CT molecular complexity index is 340. The third kappa shape index (κ3) is 3.19. The van der Waals surface area contributed by atoms with Gasteiger partial charge in [0.15, 0.2) is 5.13 Å². The van der Waals surface area contributed by atoms with Crippen molar-refractivity contribution in [2.24, 2.45) is 5.73 Å². The van der Waals surface area contributed by atoms with E-state index in [1.54, 1.807) is 11.3 Å². The van der Waals surface area contributed by atoms with Crippen LogP contribution < -0.4 is 10.6 Å². The Morgan fingerprint density at radius 3 is 2.53 bits per heavy atom. The second-order valence-corrected chi connectivity index (χ2v) is 6.13. The number of hydrogen-bond donors (Lipinski definition) is 1. The summed E-state index contributed by atoms with van der Waals surface area (Å²) in [6.07, 6.45) is 10.1. The monoisotopic (exact) mass is 253 g/mol. The molecule has 1 aliphatic carbocycles. The van der Waals surface area contributed by atoms with Crippen LogP contribution in [0.1, 0.15) is 56.4 Å². The first-order chi connectivity index (χ1) is 8.18. The van der Waals surface area contributed by atoms with Crippen LogP contribution in [-0.4, -0.2) is 18.1 Å². The molecule has 1 aliphatic rings. The lowest BCUT2D eigenvalue weighted by Crippen LogP contribution is -2.30. The summed E-state index contributed by atoms with van der Waals surface area (Å²) < 4.78 is 0. The third-order valence-electron chi connectivity index (χ3n) is 3.63. The van der Waals surface area contributed by atoms with Gasteiger partial charge in [-0.05, 0) is 19.8 Å². The van der Waals surface area contributed by atoms with Crippen molar-refractivity contribution in [2.75, 3.05) is 11.9 Å². The van der Waals surface area contributed by atoms with Crippen molar-refractivity contribution < 1.29 is 0 Å². The molecule has 1 fully saturated rings. The Labute approximate surface area is 108 Å². The first-order valence-electron chi connectivity index (χ1n) is 6.62. The van der Waals surface area contributed by atoms with Crippen molar-refractivity contribution in [3.63, 3.8) is 0 Å². The van der Waals surface area contributed by atoms with Gasteiger partial charge in [0.25, 0.3) is 0 Å². The van der Waals surface area contributed by atoms with Crippen molar-refractivity contribution in [3.8, 4) is 0 Å². The van der Waals surface area contributed by atoms with Gasteiger partial charge in [-0.25, -0.2) is 4.98 Å². The highest BCUT2D eigenvalue weighted by atomic mass is 32.1. The number of nitrogens with zero attached hydrogens (tertiary/aromatic N) is 2. The van der Waals surface area contributed by atoms with E-state index in [0.29, 0.717) is 6.04 Å². The van der Waals surface area contributed by atoms with E-state index in [-0.39, 0.29) is 6.04 Å².